The Morgan fingerprint density at radius 2 is 0.803 bits per heavy atom. The lowest BCUT2D eigenvalue weighted by molar-refractivity contribution is 0.662. The van der Waals surface area contributed by atoms with Gasteiger partial charge in [0.15, 0.2) is 17.5 Å². The summed E-state index contributed by atoms with van der Waals surface area (Å²) in [5.41, 5.74) is 17.2. The van der Waals surface area contributed by atoms with Gasteiger partial charge < -0.3 is 13.3 Å². The van der Waals surface area contributed by atoms with Gasteiger partial charge >= 0.3 is 0 Å². The Balaban J connectivity index is 0.953. The fraction of sp³-hybridized carbons (Fsp3) is 0.0500. The lowest BCUT2D eigenvalue weighted by Gasteiger charge is -2.24. The summed E-state index contributed by atoms with van der Waals surface area (Å²) in [5, 5.41) is 5.93. The van der Waals surface area contributed by atoms with Gasteiger partial charge in [0, 0.05) is 54.4 Å². The largest absolute Gasteiger partial charge is 0.456 e. The van der Waals surface area contributed by atoms with E-state index < -0.39 is 0 Å². The molecule has 0 aliphatic heterocycles. The quantitative estimate of drug-likeness (QED) is 0.172. The summed E-state index contributed by atoms with van der Waals surface area (Å²) in [5.74, 6) is 1.64. The molecule has 0 N–H and O–H groups in total. The molecule has 0 atom stereocenters. The first kappa shape index (κ1) is 36.8. The molecule has 4 heterocycles. The number of rotatable bonds is 5. The van der Waals surface area contributed by atoms with E-state index in [0.717, 1.165) is 93.6 Å². The van der Waals surface area contributed by atoms with Crippen LogP contribution in [-0.2, 0) is 5.41 Å². The molecule has 0 bridgehead atoms. The van der Waals surface area contributed by atoms with Crippen molar-refractivity contribution < 1.29 is 13.3 Å². The molecule has 0 spiro atoms. The second-order valence-electron chi connectivity index (χ2n) is 17.9. The van der Waals surface area contributed by atoms with Crippen LogP contribution in [-0.4, -0.2) is 15.0 Å². The summed E-state index contributed by atoms with van der Waals surface area (Å²) in [6.45, 7) is 4.69. The first-order valence-electron chi connectivity index (χ1n) is 22.3. The average molecular weight is 848 g/mol. The van der Waals surface area contributed by atoms with Crippen molar-refractivity contribution in [3.8, 4) is 67.5 Å². The fourth-order valence-electron chi connectivity index (χ4n) is 10.7. The Morgan fingerprint density at radius 3 is 1.59 bits per heavy atom. The van der Waals surface area contributed by atoms with Crippen LogP contribution in [0.25, 0.3) is 133 Å². The molecule has 6 heteroatoms. The van der Waals surface area contributed by atoms with E-state index in [4.69, 9.17) is 28.2 Å². The van der Waals surface area contributed by atoms with E-state index in [9.17, 15) is 0 Å². The molecule has 6 nitrogen and oxygen atoms in total. The van der Waals surface area contributed by atoms with Crippen LogP contribution in [0.2, 0.25) is 0 Å². The normalized spacial score (nSPS) is 13.1. The van der Waals surface area contributed by atoms with Crippen LogP contribution in [0.4, 0.5) is 0 Å². The maximum atomic E-state index is 6.61. The van der Waals surface area contributed by atoms with Gasteiger partial charge in [-0.25, -0.2) is 15.0 Å². The maximum Gasteiger partial charge on any atom is 0.164 e. The highest BCUT2D eigenvalue weighted by Gasteiger charge is 2.37. The second kappa shape index (κ2) is 13.7. The number of aromatic nitrogens is 3. The van der Waals surface area contributed by atoms with Gasteiger partial charge in [-0.05, 0) is 105 Å². The molecule has 1 aliphatic rings. The molecule has 0 saturated heterocycles. The van der Waals surface area contributed by atoms with Crippen LogP contribution in [0.1, 0.15) is 25.0 Å². The number of hydrogen-bond donors (Lipinski definition) is 0. The number of benzene rings is 9. The zero-order valence-corrected chi connectivity index (χ0v) is 36.0. The predicted octanol–water partition coefficient (Wildman–Crippen LogP) is 16.2. The van der Waals surface area contributed by atoms with E-state index in [2.05, 4.69) is 129 Å². The summed E-state index contributed by atoms with van der Waals surface area (Å²) in [7, 11) is 0. The Hall–Kier alpha value is -8.61. The molecule has 4 aromatic heterocycles. The summed E-state index contributed by atoms with van der Waals surface area (Å²) in [4.78, 5) is 15.9. The first-order valence-corrected chi connectivity index (χ1v) is 22.3. The Morgan fingerprint density at radius 1 is 0.318 bits per heavy atom. The Kier molecular flexibility index (Phi) is 7.64. The van der Waals surface area contributed by atoms with Crippen molar-refractivity contribution in [2.45, 2.75) is 19.3 Å². The van der Waals surface area contributed by atoms with Gasteiger partial charge in [-0.1, -0.05) is 141 Å². The highest BCUT2D eigenvalue weighted by molar-refractivity contribution is 6.14. The third-order valence-electron chi connectivity index (χ3n) is 13.7. The molecule has 0 amide bonds. The zero-order chi connectivity index (χ0) is 43.7. The van der Waals surface area contributed by atoms with Crippen LogP contribution in [0.3, 0.4) is 0 Å². The third kappa shape index (κ3) is 5.39. The van der Waals surface area contributed by atoms with Crippen molar-refractivity contribution in [3.05, 3.63) is 199 Å². The minimum atomic E-state index is -0.127. The number of furan rings is 3. The van der Waals surface area contributed by atoms with Gasteiger partial charge in [-0.15, -0.1) is 0 Å². The Labute approximate surface area is 378 Å². The van der Waals surface area contributed by atoms with Crippen LogP contribution in [0, 0.1) is 0 Å². The van der Waals surface area contributed by atoms with E-state index in [-0.39, 0.29) is 5.41 Å². The molecule has 9 aromatic carbocycles. The number of fused-ring (bicyclic) bond motifs is 12. The molecule has 1 aliphatic carbocycles. The van der Waals surface area contributed by atoms with Crippen LogP contribution in [0.15, 0.2) is 201 Å². The number of para-hydroxylation sites is 2. The Bertz CT molecular complexity index is 4170. The topological polar surface area (TPSA) is 78.1 Å². The minimum Gasteiger partial charge on any atom is -0.456 e. The second-order valence-corrected chi connectivity index (χ2v) is 17.9. The van der Waals surface area contributed by atoms with E-state index in [1.54, 1.807) is 0 Å². The van der Waals surface area contributed by atoms with Gasteiger partial charge in [0.05, 0.1) is 0 Å². The maximum absolute atomic E-state index is 6.61. The molecule has 0 unspecified atom stereocenters. The lowest BCUT2D eigenvalue weighted by Crippen LogP contribution is -2.16. The highest BCUT2D eigenvalue weighted by Crippen LogP contribution is 2.52. The van der Waals surface area contributed by atoms with Gasteiger partial charge in [-0.2, -0.15) is 0 Å². The highest BCUT2D eigenvalue weighted by atomic mass is 16.3. The van der Waals surface area contributed by atoms with Gasteiger partial charge in [-0.3, -0.25) is 0 Å². The predicted molar refractivity (Wildman–Crippen MR) is 266 cm³/mol. The molecule has 310 valence electrons. The van der Waals surface area contributed by atoms with Gasteiger partial charge in [0.2, 0.25) is 0 Å². The summed E-state index contributed by atoms with van der Waals surface area (Å²) in [6, 6.07) is 65.5. The van der Waals surface area contributed by atoms with E-state index in [0.29, 0.717) is 17.5 Å². The molecule has 0 fully saturated rings. The molecular formula is C60H37N3O3. The number of nitrogens with zero attached hydrogens (tertiary/aromatic N) is 3. The van der Waals surface area contributed by atoms with Crippen LogP contribution < -0.4 is 0 Å². The average Bonchev–Trinajstić information content (AvgIpc) is 4.11. The van der Waals surface area contributed by atoms with Crippen LogP contribution >= 0.6 is 0 Å². The minimum absolute atomic E-state index is 0.127. The van der Waals surface area contributed by atoms with Crippen molar-refractivity contribution in [2.24, 2.45) is 0 Å². The molecule has 0 radical (unpaired) electrons. The standard InChI is InChI=1S/C60H37N3O3/c1-60(2)47-22-6-3-15-39(47)41-19-10-18-38(56(41)60)36-14-9-13-34(31-36)35-27-29-51-46(32-35)55-44(21-12-26-53(55)66-51)59-62-57(37-28-30-50-45(33-37)40-16-4-7-23-48(40)64-50)61-58(63-59)43-20-11-25-52-54(43)42-17-5-8-24-49(42)65-52/h3-33H,1-2H3. The first-order chi connectivity index (χ1) is 32.4. The lowest BCUT2D eigenvalue weighted by atomic mass is 9.78. The van der Waals surface area contributed by atoms with Crippen LogP contribution in [0.5, 0.6) is 0 Å². The van der Waals surface area contributed by atoms with E-state index in [1.165, 1.54) is 33.4 Å². The van der Waals surface area contributed by atoms with E-state index >= 15 is 0 Å². The molecular weight excluding hydrogens is 811 g/mol. The molecule has 14 rings (SSSR count). The third-order valence-corrected chi connectivity index (χ3v) is 13.7. The van der Waals surface area contributed by atoms with E-state index in [1.807, 2.05) is 72.8 Å². The van der Waals surface area contributed by atoms with Crippen molar-refractivity contribution >= 4 is 65.8 Å². The molecule has 0 saturated carbocycles. The monoisotopic (exact) mass is 847 g/mol. The SMILES string of the molecule is CC1(C)c2ccccc2-c2cccc(-c3cccc(-c4ccc5oc6cccc(-c7nc(-c8ccc9oc%10ccccc%10c9c8)nc(-c8cccc9oc%10ccccc%10c89)n7)c6c5c4)c3)c21. The smallest absolute Gasteiger partial charge is 0.164 e. The van der Waals surface area contributed by atoms with Crippen molar-refractivity contribution in [1.29, 1.82) is 0 Å². The summed E-state index contributed by atoms with van der Waals surface area (Å²) in [6.07, 6.45) is 0. The van der Waals surface area contributed by atoms with Gasteiger partial charge in [0.25, 0.3) is 0 Å². The molecule has 66 heavy (non-hydrogen) atoms. The summed E-state index contributed by atoms with van der Waals surface area (Å²) < 4.78 is 19.2. The van der Waals surface area contributed by atoms with Gasteiger partial charge in [0.1, 0.15) is 33.5 Å². The van der Waals surface area contributed by atoms with Crippen molar-refractivity contribution in [1.82, 2.24) is 15.0 Å². The fourth-order valence-corrected chi connectivity index (χ4v) is 10.7. The number of hydrogen-bond acceptors (Lipinski definition) is 6. The van der Waals surface area contributed by atoms with Crippen molar-refractivity contribution in [2.75, 3.05) is 0 Å². The van der Waals surface area contributed by atoms with Crippen molar-refractivity contribution in [3.63, 3.8) is 0 Å². The summed E-state index contributed by atoms with van der Waals surface area (Å²) >= 11 is 0. The molecule has 13 aromatic rings. The zero-order valence-electron chi connectivity index (χ0n) is 36.0.